The van der Waals surface area contributed by atoms with Gasteiger partial charge in [-0.2, -0.15) is 18.3 Å². The van der Waals surface area contributed by atoms with E-state index in [2.05, 4.69) is 10.4 Å². The van der Waals surface area contributed by atoms with Crippen LogP contribution in [0.25, 0.3) is 10.6 Å². The summed E-state index contributed by atoms with van der Waals surface area (Å²) in [6.07, 6.45) is -4.50. The molecule has 27 heavy (non-hydrogen) atoms. The van der Waals surface area contributed by atoms with E-state index in [-0.39, 0.29) is 24.0 Å². The third kappa shape index (κ3) is 4.19. The van der Waals surface area contributed by atoms with Crippen molar-refractivity contribution in [2.24, 2.45) is 7.05 Å². The van der Waals surface area contributed by atoms with E-state index in [4.69, 9.17) is 0 Å². The zero-order chi connectivity index (χ0) is 19.8. The molecule has 0 aliphatic rings. The van der Waals surface area contributed by atoms with Gasteiger partial charge in [-0.25, -0.2) is 4.39 Å². The van der Waals surface area contributed by atoms with Crippen LogP contribution in [0.3, 0.4) is 0 Å². The van der Waals surface area contributed by atoms with Gasteiger partial charge in [0.2, 0.25) is 0 Å². The Bertz CT molecular complexity index is 991. The second kappa shape index (κ2) is 7.15. The quantitative estimate of drug-likeness (QED) is 0.657. The lowest BCUT2D eigenvalue weighted by atomic mass is 10.1. The molecule has 1 N–H and O–H groups in total. The van der Waals surface area contributed by atoms with Gasteiger partial charge in [0, 0.05) is 13.6 Å². The lowest BCUT2D eigenvalue weighted by Gasteiger charge is -2.07. The van der Waals surface area contributed by atoms with Crippen LogP contribution in [0.4, 0.5) is 17.6 Å². The summed E-state index contributed by atoms with van der Waals surface area (Å²) in [5.74, 6) is -0.777. The van der Waals surface area contributed by atoms with Gasteiger partial charge in [-0.3, -0.25) is 9.48 Å². The van der Waals surface area contributed by atoms with E-state index in [1.165, 1.54) is 25.2 Å². The number of benzene rings is 1. The predicted octanol–water partition coefficient (Wildman–Crippen LogP) is 4.54. The third-order valence-corrected chi connectivity index (χ3v) is 5.11. The average Bonchev–Trinajstić information content (AvgIpc) is 3.21. The van der Waals surface area contributed by atoms with E-state index in [9.17, 15) is 22.4 Å². The molecule has 1 aromatic carbocycles. The lowest BCUT2D eigenvalue weighted by molar-refractivity contribution is -0.143. The minimum Gasteiger partial charge on any atom is -0.347 e. The van der Waals surface area contributed by atoms with Gasteiger partial charge in [0.25, 0.3) is 5.91 Å². The minimum absolute atomic E-state index is 0.148. The summed E-state index contributed by atoms with van der Waals surface area (Å²) in [5.41, 5.74) is 0.782. The fraction of sp³-hybridized carbons (Fsp3) is 0.222. The van der Waals surface area contributed by atoms with Crippen LogP contribution in [0.5, 0.6) is 0 Å². The van der Waals surface area contributed by atoms with Gasteiger partial charge in [0.05, 0.1) is 9.75 Å². The standard InChI is InChI=1S/C18H15F4N3OS/c1-10-3-4-12(19)7-11(10)9-23-17(26)15-6-5-14(27-15)13-8-16(18(20,21)22)25(2)24-13/h3-8H,9H2,1-2H3,(H,23,26). The molecule has 0 bridgehead atoms. The molecule has 1 amide bonds. The van der Waals surface area contributed by atoms with Crippen LogP contribution >= 0.6 is 11.3 Å². The largest absolute Gasteiger partial charge is 0.433 e. The summed E-state index contributed by atoms with van der Waals surface area (Å²) in [4.78, 5) is 13.1. The minimum atomic E-state index is -4.50. The number of carbonyl (C=O) groups excluding carboxylic acids is 1. The number of nitrogens with zero attached hydrogens (tertiary/aromatic N) is 2. The zero-order valence-corrected chi connectivity index (χ0v) is 15.2. The third-order valence-electron chi connectivity index (χ3n) is 4.00. The van der Waals surface area contributed by atoms with Crippen LogP contribution in [0.15, 0.2) is 36.4 Å². The monoisotopic (exact) mass is 397 g/mol. The van der Waals surface area contributed by atoms with Gasteiger partial charge in [0.1, 0.15) is 17.2 Å². The van der Waals surface area contributed by atoms with Gasteiger partial charge < -0.3 is 5.32 Å². The number of amides is 1. The maximum absolute atomic E-state index is 13.3. The maximum Gasteiger partial charge on any atom is 0.433 e. The number of alkyl halides is 3. The molecule has 0 spiro atoms. The number of aryl methyl sites for hydroxylation is 2. The number of rotatable bonds is 4. The molecule has 3 aromatic rings. The number of carbonyl (C=O) groups is 1. The summed E-state index contributed by atoms with van der Waals surface area (Å²) in [6.45, 7) is 1.96. The molecule has 0 saturated carbocycles. The highest BCUT2D eigenvalue weighted by Gasteiger charge is 2.35. The fourth-order valence-corrected chi connectivity index (χ4v) is 3.42. The summed E-state index contributed by atoms with van der Waals surface area (Å²) in [7, 11) is 1.22. The van der Waals surface area contributed by atoms with Crippen LogP contribution in [0.1, 0.15) is 26.5 Å². The first-order valence-electron chi connectivity index (χ1n) is 7.90. The van der Waals surface area contributed by atoms with Crippen molar-refractivity contribution < 1.29 is 22.4 Å². The molecular formula is C18H15F4N3OS. The van der Waals surface area contributed by atoms with Crippen molar-refractivity contribution in [1.82, 2.24) is 15.1 Å². The summed E-state index contributed by atoms with van der Waals surface area (Å²) in [6, 6.07) is 8.34. The number of hydrogen-bond acceptors (Lipinski definition) is 3. The summed E-state index contributed by atoms with van der Waals surface area (Å²) < 4.78 is 52.7. The highest BCUT2D eigenvalue weighted by Crippen LogP contribution is 2.34. The van der Waals surface area contributed by atoms with Crippen molar-refractivity contribution in [2.75, 3.05) is 0 Å². The maximum atomic E-state index is 13.3. The van der Waals surface area contributed by atoms with Crippen molar-refractivity contribution >= 4 is 17.2 Å². The topological polar surface area (TPSA) is 46.9 Å². The van der Waals surface area contributed by atoms with Crippen molar-refractivity contribution in [3.8, 4) is 10.6 Å². The van der Waals surface area contributed by atoms with Gasteiger partial charge in [-0.1, -0.05) is 6.07 Å². The lowest BCUT2D eigenvalue weighted by Crippen LogP contribution is -2.22. The Balaban J connectivity index is 1.74. The van der Waals surface area contributed by atoms with Crippen molar-refractivity contribution in [2.45, 2.75) is 19.6 Å². The van der Waals surface area contributed by atoms with Crippen molar-refractivity contribution in [1.29, 1.82) is 0 Å². The van der Waals surface area contributed by atoms with E-state index >= 15 is 0 Å². The van der Waals surface area contributed by atoms with Crippen LogP contribution in [-0.2, 0) is 19.8 Å². The van der Waals surface area contributed by atoms with Crippen LogP contribution in [-0.4, -0.2) is 15.7 Å². The predicted molar refractivity (Wildman–Crippen MR) is 93.8 cm³/mol. The molecule has 0 radical (unpaired) electrons. The average molecular weight is 397 g/mol. The van der Waals surface area contributed by atoms with E-state index < -0.39 is 11.9 Å². The van der Waals surface area contributed by atoms with Crippen LogP contribution in [0.2, 0.25) is 0 Å². The van der Waals surface area contributed by atoms with E-state index in [0.717, 1.165) is 27.6 Å². The summed E-state index contributed by atoms with van der Waals surface area (Å²) >= 11 is 1.04. The number of halogens is 4. The molecule has 0 atom stereocenters. The van der Waals surface area contributed by atoms with Crippen LogP contribution in [0, 0.1) is 12.7 Å². The van der Waals surface area contributed by atoms with E-state index in [1.807, 2.05) is 6.92 Å². The Morgan fingerprint density at radius 1 is 1.22 bits per heavy atom. The summed E-state index contributed by atoms with van der Waals surface area (Å²) in [5, 5.41) is 6.56. The highest BCUT2D eigenvalue weighted by atomic mass is 32.1. The molecule has 0 aliphatic heterocycles. The first-order chi connectivity index (χ1) is 12.6. The van der Waals surface area contributed by atoms with Gasteiger partial charge in [-0.15, -0.1) is 11.3 Å². The molecule has 0 saturated heterocycles. The van der Waals surface area contributed by atoms with Crippen molar-refractivity contribution in [3.63, 3.8) is 0 Å². The first kappa shape index (κ1) is 19.1. The number of thiophene rings is 1. The Morgan fingerprint density at radius 2 is 1.96 bits per heavy atom. The second-order valence-corrected chi connectivity index (χ2v) is 7.04. The van der Waals surface area contributed by atoms with Crippen LogP contribution < -0.4 is 5.32 Å². The SMILES string of the molecule is Cc1ccc(F)cc1CNC(=O)c1ccc(-c2cc(C(F)(F)F)n(C)n2)s1. The molecular weight excluding hydrogens is 382 g/mol. The molecule has 142 valence electrons. The molecule has 4 nitrogen and oxygen atoms in total. The molecule has 0 fully saturated rings. The second-order valence-electron chi connectivity index (χ2n) is 5.95. The first-order valence-corrected chi connectivity index (χ1v) is 8.71. The molecule has 3 rings (SSSR count). The fourth-order valence-electron chi connectivity index (χ4n) is 2.54. The van der Waals surface area contributed by atoms with E-state index in [0.29, 0.717) is 15.3 Å². The Hall–Kier alpha value is -2.68. The normalized spacial score (nSPS) is 11.6. The van der Waals surface area contributed by atoms with Gasteiger partial charge in [-0.05, 0) is 48.4 Å². The Kier molecular flexibility index (Phi) is 5.05. The molecule has 0 unspecified atom stereocenters. The Labute approximate surface area is 156 Å². The molecule has 2 aromatic heterocycles. The smallest absolute Gasteiger partial charge is 0.347 e. The number of nitrogens with one attached hydrogen (secondary N) is 1. The highest BCUT2D eigenvalue weighted by molar-refractivity contribution is 7.17. The molecule has 0 aliphatic carbocycles. The number of hydrogen-bond donors (Lipinski definition) is 1. The van der Waals surface area contributed by atoms with Gasteiger partial charge >= 0.3 is 6.18 Å². The van der Waals surface area contributed by atoms with Crippen molar-refractivity contribution in [3.05, 3.63) is 63.9 Å². The zero-order valence-electron chi connectivity index (χ0n) is 14.4. The van der Waals surface area contributed by atoms with E-state index in [1.54, 1.807) is 12.1 Å². The molecule has 9 heteroatoms. The van der Waals surface area contributed by atoms with Gasteiger partial charge in [0.15, 0.2) is 0 Å². The number of aromatic nitrogens is 2. The Morgan fingerprint density at radius 3 is 2.63 bits per heavy atom. The molecule has 2 heterocycles.